The summed E-state index contributed by atoms with van der Waals surface area (Å²) in [5.74, 6) is 0.911. The van der Waals surface area contributed by atoms with Gasteiger partial charge in [-0.1, -0.05) is 37.8 Å². The Morgan fingerprint density at radius 1 is 1.00 bits per heavy atom. The molecule has 1 fully saturated rings. The van der Waals surface area contributed by atoms with E-state index in [0.717, 1.165) is 83.8 Å². The highest BCUT2D eigenvalue weighted by Crippen LogP contribution is 2.31. The van der Waals surface area contributed by atoms with Gasteiger partial charge in [-0.05, 0) is 63.6 Å². The molecule has 1 aliphatic carbocycles. The van der Waals surface area contributed by atoms with Gasteiger partial charge in [0.15, 0.2) is 0 Å². The molecular formula is C29H42N4O3. The van der Waals surface area contributed by atoms with Crippen molar-refractivity contribution in [3.63, 3.8) is 0 Å². The Balaban J connectivity index is 1.54. The van der Waals surface area contributed by atoms with Gasteiger partial charge < -0.3 is 14.5 Å². The van der Waals surface area contributed by atoms with Crippen LogP contribution in [0, 0.1) is 0 Å². The molecule has 1 aliphatic heterocycles. The zero-order chi connectivity index (χ0) is 25.2. The summed E-state index contributed by atoms with van der Waals surface area (Å²) >= 11 is 0. The summed E-state index contributed by atoms with van der Waals surface area (Å²) in [5, 5.41) is 4.26. The van der Waals surface area contributed by atoms with Gasteiger partial charge >= 0.3 is 0 Å². The van der Waals surface area contributed by atoms with Crippen LogP contribution < -0.4 is 4.74 Å². The van der Waals surface area contributed by atoms with E-state index in [1.54, 1.807) is 6.20 Å². The average Bonchev–Trinajstić information content (AvgIpc) is 3.41. The van der Waals surface area contributed by atoms with Gasteiger partial charge in [0.25, 0.3) is 5.91 Å². The summed E-state index contributed by atoms with van der Waals surface area (Å²) in [6, 6.07) is 9.61. The number of carbonyl (C=O) groups is 2. The van der Waals surface area contributed by atoms with E-state index in [0.29, 0.717) is 24.3 Å². The summed E-state index contributed by atoms with van der Waals surface area (Å²) in [7, 11) is 0. The maximum Gasteiger partial charge on any atom is 0.257 e. The molecule has 0 spiro atoms. The number of hydrogen-bond acceptors (Lipinski definition) is 4. The van der Waals surface area contributed by atoms with Crippen LogP contribution in [-0.4, -0.2) is 63.2 Å². The highest BCUT2D eigenvalue weighted by Gasteiger charge is 2.35. The minimum absolute atomic E-state index is 0.0434. The minimum Gasteiger partial charge on any atom is -0.487 e. The molecule has 0 radical (unpaired) electrons. The quantitative estimate of drug-likeness (QED) is 0.565. The lowest BCUT2D eigenvalue weighted by atomic mass is 9.90. The Hall–Kier alpha value is -2.83. The Kier molecular flexibility index (Phi) is 9.82. The fourth-order valence-electron chi connectivity index (χ4n) is 5.61. The number of fused-ring (bicyclic) bond motifs is 2. The standard InChI is InChI=1S/C29H42N4O3/c1-2-31-20-10-4-3-5-11-23-33(28(34)18-12-21-32-22-13-19-30-32)25-15-7-9-17-27(25)36-26-16-8-6-14-24(26)29(31)35/h6,8,13-14,16,19,22,25,27H,2-5,7,9-12,15,17-18,20-21,23H2,1H3/t25-,27+/m1/s1. The second kappa shape index (κ2) is 13.5. The van der Waals surface area contributed by atoms with Crippen LogP contribution in [0.25, 0.3) is 0 Å². The predicted octanol–water partition coefficient (Wildman–Crippen LogP) is 5.31. The second-order valence-electron chi connectivity index (χ2n) is 10.1. The van der Waals surface area contributed by atoms with Crippen LogP contribution in [0.1, 0.15) is 87.9 Å². The van der Waals surface area contributed by atoms with Crippen molar-refractivity contribution in [2.75, 3.05) is 19.6 Å². The number of carbonyl (C=O) groups excluding carboxylic acids is 2. The SMILES string of the molecule is CCN1CCCCCCCN(C(=O)CCCn2cccn2)[C@@H]2CCCC[C@@H]2Oc2ccccc2C1=O. The summed E-state index contributed by atoms with van der Waals surface area (Å²) < 4.78 is 8.52. The van der Waals surface area contributed by atoms with Gasteiger partial charge in [0.05, 0.1) is 11.6 Å². The summed E-state index contributed by atoms with van der Waals surface area (Å²) in [6.45, 7) is 5.05. The molecule has 2 heterocycles. The Labute approximate surface area is 215 Å². The number of nitrogens with zero attached hydrogens (tertiary/aromatic N) is 4. The lowest BCUT2D eigenvalue weighted by Gasteiger charge is -2.40. The summed E-state index contributed by atoms with van der Waals surface area (Å²) in [6.07, 6.45) is 14.3. The molecule has 36 heavy (non-hydrogen) atoms. The lowest BCUT2D eigenvalue weighted by molar-refractivity contribution is -0.137. The molecule has 196 valence electrons. The van der Waals surface area contributed by atoms with Crippen LogP contribution in [0.3, 0.4) is 0 Å². The predicted molar refractivity (Wildman–Crippen MR) is 141 cm³/mol. The first-order valence-electron chi connectivity index (χ1n) is 14.0. The molecule has 1 saturated carbocycles. The first-order valence-corrected chi connectivity index (χ1v) is 14.0. The Morgan fingerprint density at radius 2 is 1.78 bits per heavy atom. The first-order chi connectivity index (χ1) is 17.7. The van der Waals surface area contributed by atoms with Gasteiger partial charge in [-0.15, -0.1) is 0 Å². The van der Waals surface area contributed by atoms with E-state index in [-0.39, 0.29) is 24.0 Å². The number of para-hydroxylation sites is 1. The number of benzene rings is 1. The van der Waals surface area contributed by atoms with E-state index in [1.165, 1.54) is 0 Å². The van der Waals surface area contributed by atoms with Crippen LogP contribution in [-0.2, 0) is 11.3 Å². The number of aryl methyl sites for hydroxylation is 1. The molecule has 2 amide bonds. The molecule has 7 heteroatoms. The van der Waals surface area contributed by atoms with Crippen LogP contribution in [0.5, 0.6) is 5.75 Å². The third-order valence-electron chi connectivity index (χ3n) is 7.62. The van der Waals surface area contributed by atoms with Crippen molar-refractivity contribution in [3.8, 4) is 5.75 Å². The molecule has 4 rings (SSSR count). The molecule has 1 aromatic heterocycles. The number of aromatic nitrogens is 2. The smallest absolute Gasteiger partial charge is 0.257 e. The maximum atomic E-state index is 13.5. The highest BCUT2D eigenvalue weighted by molar-refractivity contribution is 5.97. The lowest BCUT2D eigenvalue weighted by Crippen LogP contribution is -2.51. The third-order valence-corrected chi connectivity index (χ3v) is 7.62. The number of amides is 2. The summed E-state index contributed by atoms with van der Waals surface area (Å²) in [4.78, 5) is 31.0. The molecule has 0 bridgehead atoms. The van der Waals surface area contributed by atoms with E-state index in [9.17, 15) is 9.59 Å². The Bertz CT molecular complexity index is 961. The Morgan fingerprint density at radius 3 is 2.58 bits per heavy atom. The van der Waals surface area contributed by atoms with E-state index in [2.05, 4.69) is 10.00 Å². The molecule has 2 atom stereocenters. The minimum atomic E-state index is -0.0945. The number of ether oxygens (including phenoxy) is 1. The van der Waals surface area contributed by atoms with Crippen molar-refractivity contribution < 1.29 is 14.3 Å². The van der Waals surface area contributed by atoms with E-state index in [4.69, 9.17) is 4.74 Å². The normalized spacial score (nSPS) is 22.1. The topological polar surface area (TPSA) is 67.7 Å². The number of rotatable bonds is 5. The van der Waals surface area contributed by atoms with Gasteiger partial charge in [0, 0.05) is 45.0 Å². The van der Waals surface area contributed by atoms with Crippen LogP contribution in [0.2, 0.25) is 0 Å². The van der Waals surface area contributed by atoms with Crippen molar-refractivity contribution in [3.05, 3.63) is 48.3 Å². The highest BCUT2D eigenvalue weighted by atomic mass is 16.5. The van der Waals surface area contributed by atoms with Gasteiger partial charge in [0.2, 0.25) is 5.91 Å². The molecule has 2 aromatic rings. The van der Waals surface area contributed by atoms with Crippen LogP contribution >= 0.6 is 0 Å². The first kappa shape index (κ1) is 26.2. The molecule has 2 aliphatic rings. The number of hydrogen-bond donors (Lipinski definition) is 0. The van der Waals surface area contributed by atoms with Crippen molar-refractivity contribution >= 4 is 11.8 Å². The molecule has 7 nitrogen and oxygen atoms in total. The second-order valence-corrected chi connectivity index (χ2v) is 10.1. The fourth-order valence-corrected chi connectivity index (χ4v) is 5.61. The van der Waals surface area contributed by atoms with Crippen LogP contribution in [0.15, 0.2) is 42.7 Å². The molecular weight excluding hydrogens is 452 g/mol. The van der Waals surface area contributed by atoms with Gasteiger partial charge in [-0.3, -0.25) is 14.3 Å². The van der Waals surface area contributed by atoms with Crippen molar-refractivity contribution in [1.82, 2.24) is 19.6 Å². The van der Waals surface area contributed by atoms with E-state index in [1.807, 2.05) is 53.0 Å². The molecule has 0 unspecified atom stereocenters. The zero-order valence-corrected chi connectivity index (χ0v) is 21.8. The average molecular weight is 495 g/mol. The van der Waals surface area contributed by atoms with E-state index < -0.39 is 0 Å². The monoisotopic (exact) mass is 494 g/mol. The van der Waals surface area contributed by atoms with Gasteiger partial charge in [0.1, 0.15) is 11.9 Å². The maximum absolute atomic E-state index is 13.5. The molecule has 0 N–H and O–H groups in total. The fraction of sp³-hybridized carbons (Fsp3) is 0.621. The van der Waals surface area contributed by atoms with Crippen molar-refractivity contribution in [2.45, 2.75) is 96.2 Å². The van der Waals surface area contributed by atoms with Gasteiger partial charge in [-0.25, -0.2) is 0 Å². The molecule has 1 aromatic carbocycles. The van der Waals surface area contributed by atoms with Gasteiger partial charge in [-0.2, -0.15) is 5.10 Å². The third kappa shape index (κ3) is 6.89. The van der Waals surface area contributed by atoms with Crippen molar-refractivity contribution in [1.29, 1.82) is 0 Å². The zero-order valence-electron chi connectivity index (χ0n) is 21.8. The van der Waals surface area contributed by atoms with Crippen LogP contribution in [0.4, 0.5) is 0 Å². The summed E-state index contributed by atoms with van der Waals surface area (Å²) in [5.41, 5.74) is 0.635. The molecule has 0 saturated heterocycles. The van der Waals surface area contributed by atoms with E-state index >= 15 is 0 Å². The van der Waals surface area contributed by atoms with Crippen molar-refractivity contribution in [2.24, 2.45) is 0 Å². The largest absolute Gasteiger partial charge is 0.487 e.